The first-order valence-electron chi connectivity index (χ1n) is 6.66. The summed E-state index contributed by atoms with van der Waals surface area (Å²) in [6.45, 7) is 8.72. The van der Waals surface area contributed by atoms with Crippen molar-refractivity contribution in [3.8, 4) is 0 Å². The summed E-state index contributed by atoms with van der Waals surface area (Å²) in [6, 6.07) is 4.77. The van der Waals surface area contributed by atoms with Crippen molar-refractivity contribution >= 4 is 0 Å². The van der Waals surface area contributed by atoms with Crippen molar-refractivity contribution in [2.75, 3.05) is 7.05 Å². The number of aromatic nitrogens is 1. The summed E-state index contributed by atoms with van der Waals surface area (Å²) >= 11 is 0. The van der Waals surface area contributed by atoms with Crippen LogP contribution >= 0.6 is 0 Å². The van der Waals surface area contributed by atoms with Crippen LogP contribution in [0, 0.1) is 19.8 Å². The van der Waals surface area contributed by atoms with E-state index in [1.54, 1.807) is 0 Å². The Kier molecular flexibility index (Phi) is 5.63. The number of hydrogen-bond acceptors (Lipinski definition) is 2. The molecular formula is C15H26N2. The number of rotatable bonds is 6. The standard InChI is InChI=1S/C15H26N2/c1-11(2)7-6-8-15(16-5)14-10-9-12(3)17-13(14)4/h9-11,15-16H,6-8H2,1-5H3. The van der Waals surface area contributed by atoms with Crippen molar-refractivity contribution in [3.05, 3.63) is 29.1 Å². The minimum Gasteiger partial charge on any atom is -0.313 e. The molecule has 1 rings (SSSR count). The molecule has 0 saturated carbocycles. The van der Waals surface area contributed by atoms with Crippen molar-refractivity contribution in [2.45, 2.75) is 53.0 Å². The van der Waals surface area contributed by atoms with Crippen LogP contribution in [0.15, 0.2) is 12.1 Å². The van der Waals surface area contributed by atoms with E-state index in [9.17, 15) is 0 Å². The topological polar surface area (TPSA) is 24.9 Å². The maximum absolute atomic E-state index is 4.55. The summed E-state index contributed by atoms with van der Waals surface area (Å²) in [7, 11) is 2.04. The predicted molar refractivity (Wildman–Crippen MR) is 74.2 cm³/mol. The number of nitrogens with zero attached hydrogens (tertiary/aromatic N) is 1. The third-order valence-corrected chi connectivity index (χ3v) is 3.26. The van der Waals surface area contributed by atoms with E-state index in [0.29, 0.717) is 6.04 Å². The van der Waals surface area contributed by atoms with E-state index >= 15 is 0 Å². The van der Waals surface area contributed by atoms with Gasteiger partial charge in [-0.2, -0.15) is 0 Å². The van der Waals surface area contributed by atoms with Gasteiger partial charge in [0.2, 0.25) is 0 Å². The lowest BCUT2D eigenvalue weighted by Gasteiger charge is -2.19. The molecule has 0 aliphatic heterocycles. The Bertz CT molecular complexity index is 345. The zero-order valence-corrected chi connectivity index (χ0v) is 11.9. The molecule has 1 atom stereocenters. The minimum atomic E-state index is 0.446. The second kappa shape index (κ2) is 6.75. The third kappa shape index (κ3) is 4.47. The van der Waals surface area contributed by atoms with Gasteiger partial charge in [-0.1, -0.05) is 32.8 Å². The van der Waals surface area contributed by atoms with E-state index in [1.807, 2.05) is 14.0 Å². The molecule has 1 heterocycles. The highest BCUT2D eigenvalue weighted by Crippen LogP contribution is 2.22. The summed E-state index contributed by atoms with van der Waals surface area (Å²) in [5, 5.41) is 3.41. The molecule has 0 radical (unpaired) electrons. The molecule has 0 aliphatic rings. The van der Waals surface area contributed by atoms with Gasteiger partial charge in [-0.25, -0.2) is 0 Å². The molecule has 96 valence electrons. The predicted octanol–water partition coefficient (Wildman–Crippen LogP) is 3.79. The van der Waals surface area contributed by atoms with Crippen LogP contribution in [-0.4, -0.2) is 12.0 Å². The number of aryl methyl sites for hydroxylation is 2. The van der Waals surface area contributed by atoms with Gasteiger partial charge in [0, 0.05) is 17.4 Å². The summed E-state index contributed by atoms with van der Waals surface area (Å²) < 4.78 is 0. The lowest BCUT2D eigenvalue weighted by atomic mass is 9.97. The van der Waals surface area contributed by atoms with Crippen LogP contribution in [0.2, 0.25) is 0 Å². The summed E-state index contributed by atoms with van der Waals surface area (Å²) in [5.41, 5.74) is 3.61. The van der Waals surface area contributed by atoms with Crippen LogP contribution in [0.3, 0.4) is 0 Å². The van der Waals surface area contributed by atoms with Crippen LogP contribution < -0.4 is 5.32 Å². The molecule has 0 aromatic carbocycles. The minimum absolute atomic E-state index is 0.446. The molecule has 1 unspecified atom stereocenters. The normalized spacial score (nSPS) is 13.1. The highest BCUT2D eigenvalue weighted by molar-refractivity contribution is 5.25. The van der Waals surface area contributed by atoms with Gasteiger partial charge < -0.3 is 5.32 Å². The fourth-order valence-corrected chi connectivity index (χ4v) is 2.25. The van der Waals surface area contributed by atoms with Gasteiger partial charge in [0.15, 0.2) is 0 Å². The molecule has 1 aromatic heterocycles. The average molecular weight is 234 g/mol. The van der Waals surface area contributed by atoms with Crippen LogP contribution in [0.4, 0.5) is 0 Å². The maximum Gasteiger partial charge on any atom is 0.0423 e. The van der Waals surface area contributed by atoms with E-state index in [4.69, 9.17) is 0 Å². The van der Waals surface area contributed by atoms with Gasteiger partial charge in [0.1, 0.15) is 0 Å². The van der Waals surface area contributed by atoms with Crippen molar-refractivity contribution in [3.63, 3.8) is 0 Å². The van der Waals surface area contributed by atoms with Crippen molar-refractivity contribution in [1.29, 1.82) is 0 Å². The molecular weight excluding hydrogens is 208 g/mol. The van der Waals surface area contributed by atoms with Gasteiger partial charge in [0.25, 0.3) is 0 Å². The molecule has 0 aliphatic carbocycles. The Morgan fingerprint density at radius 1 is 1.18 bits per heavy atom. The van der Waals surface area contributed by atoms with Crippen LogP contribution in [0.1, 0.15) is 56.1 Å². The van der Waals surface area contributed by atoms with Gasteiger partial charge >= 0.3 is 0 Å². The Morgan fingerprint density at radius 3 is 2.41 bits per heavy atom. The first-order chi connectivity index (χ1) is 8.04. The monoisotopic (exact) mass is 234 g/mol. The van der Waals surface area contributed by atoms with E-state index < -0.39 is 0 Å². The molecule has 1 aromatic rings. The highest BCUT2D eigenvalue weighted by Gasteiger charge is 2.12. The SMILES string of the molecule is CNC(CCCC(C)C)c1ccc(C)nc1C. The second-order valence-corrected chi connectivity index (χ2v) is 5.29. The fraction of sp³-hybridized carbons (Fsp3) is 0.667. The van der Waals surface area contributed by atoms with Gasteiger partial charge in [0.05, 0.1) is 0 Å². The number of hydrogen-bond donors (Lipinski definition) is 1. The molecule has 0 fully saturated rings. The lowest BCUT2D eigenvalue weighted by molar-refractivity contribution is 0.468. The van der Waals surface area contributed by atoms with Crippen molar-refractivity contribution in [2.24, 2.45) is 5.92 Å². The smallest absolute Gasteiger partial charge is 0.0423 e. The van der Waals surface area contributed by atoms with Gasteiger partial charge in [-0.15, -0.1) is 0 Å². The molecule has 0 amide bonds. The van der Waals surface area contributed by atoms with Crippen LogP contribution in [0.25, 0.3) is 0 Å². The van der Waals surface area contributed by atoms with Crippen molar-refractivity contribution in [1.82, 2.24) is 10.3 Å². The Labute approximate surface area is 106 Å². The van der Waals surface area contributed by atoms with Crippen LogP contribution in [0.5, 0.6) is 0 Å². The maximum atomic E-state index is 4.55. The number of nitrogens with one attached hydrogen (secondary N) is 1. The summed E-state index contributed by atoms with van der Waals surface area (Å²) in [5.74, 6) is 0.796. The molecule has 2 heteroatoms. The fourth-order valence-electron chi connectivity index (χ4n) is 2.25. The molecule has 1 N–H and O–H groups in total. The van der Waals surface area contributed by atoms with Gasteiger partial charge in [-0.3, -0.25) is 4.98 Å². The quantitative estimate of drug-likeness (QED) is 0.810. The zero-order valence-electron chi connectivity index (χ0n) is 11.9. The van der Waals surface area contributed by atoms with E-state index in [1.165, 1.54) is 24.8 Å². The third-order valence-electron chi connectivity index (χ3n) is 3.26. The lowest BCUT2D eigenvalue weighted by Crippen LogP contribution is -2.18. The zero-order chi connectivity index (χ0) is 12.8. The van der Waals surface area contributed by atoms with E-state index in [0.717, 1.165) is 17.3 Å². The molecule has 17 heavy (non-hydrogen) atoms. The Balaban J connectivity index is 2.66. The number of pyridine rings is 1. The van der Waals surface area contributed by atoms with E-state index in [2.05, 4.69) is 43.2 Å². The Morgan fingerprint density at radius 2 is 1.88 bits per heavy atom. The van der Waals surface area contributed by atoms with Crippen LogP contribution in [-0.2, 0) is 0 Å². The second-order valence-electron chi connectivity index (χ2n) is 5.29. The highest BCUT2D eigenvalue weighted by atomic mass is 14.9. The first kappa shape index (κ1) is 14.2. The first-order valence-corrected chi connectivity index (χ1v) is 6.66. The molecule has 0 saturated heterocycles. The summed E-state index contributed by atoms with van der Waals surface area (Å²) in [6.07, 6.45) is 3.77. The molecule has 0 spiro atoms. The van der Waals surface area contributed by atoms with E-state index in [-0.39, 0.29) is 0 Å². The Hall–Kier alpha value is -0.890. The summed E-state index contributed by atoms with van der Waals surface area (Å²) in [4.78, 5) is 4.55. The average Bonchev–Trinajstić information content (AvgIpc) is 2.25. The largest absolute Gasteiger partial charge is 0.313 e. The molecule has 0 bridgehead atoms. The van der Waals surface area contributed by atoms with Gasteiger partial charge in [-0.05, 0) is 44.9 Å². The van der Waals surface area contributed by atoms with Crippen molar-refractivity contribution < 1.29 is 0 Å². The molecule has 2 nitrogen and oxygen atoms in total.